The van der Waals surface area contributed by atoms with Crippen LogP contribution < -0.4 is 10.7 Å². The van der Waals surface area contributed by atoms with Crippen molar-refractivity contribution in [3.63, 3.8) is 0 Å². The minimum absolute atomic E-state index is 0.0110. The molecule has 0 bridgehead atoms. The largest absolute Gasteiger partial charge is 0.241 e. The van der Waals surface area contributed by atoms with E-state index in [1.54, 1.807) is 12.4 Å². The Hall–Kier alpha value is -7.30. The predicted molar refractivity (Wildman–Crippen MR) is 157 cm³/mol. The van der Waals surface area contributed by atoms with Gasteiger partial charge in [0.1, 0.15) is 45.0 Å². The molecule has 0 aliphatic heterocycles. The van der Waals surface area contributed by atoms with Crippen LogP contribution in [0.25, 0.3) is 65.9 Å². The maximum atomic E-state index is 14.9. The molecule has 16 heteroatoms. The first-order chi connectivity index (χ1) is 24.0. The number of benzene rings is 4. The highest BCUT2D eigenvalue weighted by atomic mass is 19.2. The summed E-state index contributed by atoms with van der Waals surface area (Å²) in [5, 5.41) is 36.8. The predicted octanol–water partition coefficient (Wildman–Crippen LogP) is 6.92. The third kappa shape index (κ3) is 4.13. The molecule has 0 atom stereocenters. The fourth-order valence-corrected chi connectivity index (χ4v) is 5.89. The number of hydrogen-bond donors (Lipinski definition) is 0. The average molecular weight is 678 g/mol. The highest BCUT2D eigenvalue weighted by Crippen LogP contribution is 2.37. The molecule has 1 heterocycles. The standard InChI is InChI=1S/C34H6F8N8/c35-21-17(7-43)22(36)26(40)19(25(21)39)11-1-3-13-15(5-11)29(47-9-45)33-31(13)49-34-30(48-10-46)16-6-12(2-4-14(16)32(34)50-33)20-27(41)23(37)18(8-44)24(38)28(20)42/h1-6H/b47-29+,48-30+. The SMILES string of the molecule is N#C/N=c1\c2cc(-c3c(F)c(F)c(C#N)c(F)c3F)ccc2c2nc3/c(=N/C#N)c4cc(-c5c(F)c(F)c(C#N)c(F)c5F)ccc4c3nc12. The number of halogens is 8. The van der Waals surface area contributed by atoms with Crippen molar-refractivity contribution < 1.29 is 35.1 Å². The monoisotopic (exact) mass is 678 g/mol. The lowest BCUT2D eigenvalue weighted by molar-refractivity contribution is 0.454. The van der Waals surface area contributed by atoms with E-state index >= 15 is 0 Å². The van der Waals surface area contributed by atoms with Crippen molar-refractivity contribution in [2.24, 2.45) is 9.98 Å². The van der Waals surface area contributed by atoms with Gasteiger partial charge in [0.25, 0.3) is 0 Å². The van der Waals surface area contributed by atoms with Crippen LogP contribution in [-0.2, 0) is 0 Å². The number of fused-ring (bicyclic) bond motifs is 6. The summed E-state index contributed by atoms with van der Waals surface area (Å²) in [7, 11) is 0. The van der Waals surface area contributed by atoms with E-state index < -0.39 is 79.9 Å². The molecule has 8 nitrogen and oxygen atoms in total. The molecule has 0 unspecified atom stereocenters. The van der Waals surface area contributed by atoms with Gasteiger partial charge in [-0.05, 0) is 23.3 Å². The number of rotatable bonds is 2. The zero-order valence-corrected chi connectivity index (χ0v) is 24.1. The summed E-state index contributed by atoms with van der Waals surface area (Å²) in [4.78, 5) is 16.7. The van der Waals surface area contributed by atoms with Crippen LogP contribution in [0.4, 0.5) is 35.1 Å². The van der Waals surface area contributed by atoms with Crippen molar-refractivity contribution in [3.05, 3.63) is 105 Å². The molecule has 0 N–H and O–H groups in total. The number of hydrogen-bond acceptors (Lipinski definition) is 8. The second-order valence-corrected chi connectivity index (χ2v) is 10.5. The fourth-order valence-electron chi connectivity index (χ4n) is 5.89. The van der Waals surface area contributed by atoms with Crippen LogP contribution in [0, 0.1) is 92.1 Å². The van der Waals surface area contributed by atoms with Gasteiger partial charge in [0, 0.05) is 21.5 Å². The minimum atomic E-state index is -1.91. The van der Waals surface area contributed by atoms with E-state index in [1.807, 2.05) is 0 Å². The summed E-state index contributed by atoms with van der Waals surface area (Å²) >= 11 is 0. The van der Waals surface area contributed by atoms with Gasteiger partial charge >= 0.3 is 0 Å². The van der Waals surface area contributed by atoms with Gasteiger partial charge in [0.05, 0.1) is 22.2 Å². The molecule has 7 rings (SSSR count). The molecule has 0 radical (unpaired) electrons. The van der Waals surface area contributed by atoms with Crippen LogP contribution in [0.3, 0.4) is 0 Å². The molecule has 0 saturated heterocycles. The maximum absolute atomic E-state index is 14.9. The minimum Gasteiger partial charge on any atom is -0.241 e. The van der Waals surface area contributed by atoms with E-state index in [-0.39, 0.29) is 54.3 Å². The van der Waals surface area contributed by atoms with Crippen molar-refractivity contribution in [1.82, 2.24) is 9.97 Å². The second-order valence-electron chi connectivity index (χ2n) is 10.5. The van der Waals surface area contributed by atoms with E-state index in [0.29, 0.717) is 0 Å². The first kappa shape index (κ1) is 31.3. The van der Waals surface area contributed by atoms with Gasteiger partial charge in [-0.3, -0.25) is 0 Å². The van der Waals surface area contributed by atoms with Gasteiger partial charge in [-0.2, -0.15) is 31.0 Å². The van der Waals surface area contributed by atoms with Gasteiger partial charge < -0.3 is 0 Å². The molecule has 0 spiro atoms. The van der Waals surface area contributed by atoms with Crippen molar-refractivity contribution in [2.45, 2.75) is 0 Å². The summed E-state index contributed by atoms with van der Waals surface area (Å²) in [6.07, 6.45) is 3.15. The summed E-state index contributed by atoms with van der Waals surface area (Å²) in [6, 6.07) is 8.95. The first-order valence-corrected chi connectivity index (χ1v) is 13.7. The van der Waals surface area contributed by atoms with Gasteiger partial charge in [-0.1, -0.05) is 24.3 Å². The Morgan fingerprint density at radius 2 is 0.780 bits per heavy atom. The van der Waals surface area contributed by atoms with E-state index in [1.165, 1.54) is 12.1 Å². The maximum Gasteiger partial charge on any atom is 0.206 e. The molecule has 6 aromatic carbocycles. The first-order valence-electron chi connectivity index (χ1n) is 13.7. The molecule has 238 valence electrons. The number of aromatic nitrogens is 2. The van der Waals surface area contributed by atoms with E-state index in [9.17, 15) is 45.6 Å². The quantitative estimate of drug-likeness (QED) is 0.110. The Kier molecular flexibility index (Phi) is 6.98. The number of nitrogens with zero attached hydrogens (tertiary/aromatic N) is 8. The Morgan fingerprint density at radius 1 is 0.440 bits per heavy atom. The molecule has 0 saturated carbocycles. The lowest BCUT2D eigenvalue weighted by atomic mass is 9.99. The smallest absolute Gasteiger partial charge is 0.206 e. The van der Waals surface area contributed by atoms with Crippen molar-refractivity contribution in [2.75, 3.05) is 0 Å². The van der Waals surface area contributed by atoms with Crippen LogP contribution >= 0.6 is 0 Å². The molecular weight excluding hydrogens is 672 g/mol. The highest BCUT2D eigenvalue weighted by Gasteiger charge is 2.29. The summed E-state index contributed by atoms with van der Waals surface area (Å²) in [5.74, 6) is -15.0. The van der Waals surface area contributed by atoms with Crippen molar-refractivity contribution >= 4 is 43.6 Å². The summed E-state index contributed by atoms with van der Waals surface area (Å²) in [5.41, 5.74) is -6.07. The van der Waals surface area contributed by atoms with Gasteiger partial charge in [0.15, 0.2) is 46.5 Å². The van der Waals surface area contributed by atoms with Gasteiger partial charge in [-0.15, -0.1) is 0 Å². The highest BCUT2D eigenvalue weighted by molar-refractivity contribution is 6.15. The third-order valence-electron chi connectivity index (χ3n) is 8.06. The summed E-state index contributed by atoms with van der Waals surface area (Å²) in [6.45, 7) is 0. The Labute approximate surface area is 271 Å². The molecule has 7 aromatic rings. The topological polar surface area (TPSA) is 146 Å². The second kappa shape index (κ2) is 11.2. The Balaban J connectivity index is 1.54. The molecule has 1 aromatic heterocycles. The summed E-state index contributed by atoms with van der Waals surface area (Å²) < 4.78 is 118. The van der Waals surface area contributed by atoms with Gasteiger partial charge in [0.2, 0.25) is 12.4 Å². The van der Waals surface area contributed by atoms with Crippen LogP contribution in [-0.4, -0.2) is 9.97 Å². The van der Waals surface area contributed by atoms with Crippen LogP contribution in [0.1, 0.15) is 11.1 Å². The van der Waals surface area contributed by atoms with E-state index in [4.69, 9.17) is 10.5 Å². The molecular formula is C34H6F8N8. The Bertz CT molecular complexity index is 2760. The third-order valence-corrected chi connectivity index (χ3v) is 8.06. The van der Waals surface area contributed by atoms with Crippen molar-refractivity contribution in [3.8, 4) is 46.8 Å². The van der Waals surface area contributed by atoms with E-state index in [2.05, 4.69) is 20.0 Å². The molecule has 0 aliphatic rings. The lowest BCUT2D eigenvalue weighted by Crippen LogP contribution is -2.05. The van der Waals surface area contributed by atoms with Crippen molar-refractivity contribution in [1.29, 1.82) is 21.0 Å². The average Bonchev–Trinajstić information content (AvgIpc) is 3.57. The van der Waals surface area contributed by atoms with E-state index in [0.717, 1.165) is 36.4 Å². The lowest BCUT2D eigenvalue weighted by Gasteiger charge is -2.09. The molecule has 0 fully saturated rings. The molecule has 0 aliphatic carbocycles. The fraction of sp³-hybridized carbons (Fsp3) is 0. The number of nitriles is 4. The Morgan fingerprint density at radius 3 is 1.08 bits per heavy atom. The van der Waals surface area contributed by atoms with Gasteiger partial charge in [-0.25, -0.2) is 45.1 Å². The van der Waals surface area contributed by atoms with Crippen LogP contribution in [0.5, 0.6) is 0 Å². The molecule has 0 amide bonds. The zero-order valence-electron chi connectivity index (χ0n) is 24.1. The normalized spacial score (nSPS) is 12.2. The van der Waals surface area contributed by atoms with Crippen LogP contribution in [0.2, 0.25) is 0 Å². The van der Waals surface area contributed by atoms with Crippen LogP contribution in [0.15, 0.2) is 46.4 Å². The zero-order chi connectivity index (χ0) is 35.8. The molecule has 50 heavy (non-hydrogen) atoms.